The lowest BCUT2D eigenvalue weighted by atomic mass is 10.0. The number of nitrogens with one attached hydrogen (secondary N) is 1. The van der Waals surface area contributed by atoms with Crippen molar-refractivity contribution in [2.24, 2.45) is 0 Å². The number of aliphatic hydroxyl groups is 2. The highest BCUT2D eigenvalue weighted by Crippen LogP contribution is 2.18. The number of allylic oxidation sites excluding steroid dienone is 6. The maximum atomic E-state index is 13.2. The molecule has 0 aromatic carbocycles. The van der Waals surface area contributed by atoms with E-state index in [2.05, 4.69) is 62.5 Å². The molecule has 0 aliphatic heterocycles. The maximum absolute atomic E-state index is 13.2. The van der Waals surface area contributed by atoms with E-state index in [1.165, 1.54) is 167 Å². The molecule has 6 nitrogen and oxygen atoms in total. The monoisotopic (exact) mass is 872 g/mol. The molecule has 1 amide bonds. The van der Waals surface area contributed by atoms with Gasteiger partial charge in [-0.25, -0.2) is 0 Å². The van der Waals surface area contributed by atoms with Gasteiger partial charge < -0.3 is 20.3 Å². The second kappa shape index (κ2) is 50.1. The summed E-state index contributed by atoms with van der Waals surface area (Å²) in [6.45, 7) is 6.46. The van der Waals surface area contributed by atoms with E-state index < -0.39 is 18.2 Å². The van der Waals surface area contributed by atoms with E-state index in [0.29, 0.717) is 19.3 Å². The molecule has 0 saturated heterocycles. The molecule has 3 N–H and O–H groups in total. The first-order valence-electron chi connectivity index (χ1n) is 27.2. The van der Waals surface area contributed by atoms with Gasteiger partial charge in [0.1, 0.15) is 6.10 Å². The van der Waals surface area contributed by atoms with Crippen molar-refractivity contribution in [2.45, 2.75) is 302 Å². The molecule has 3 unspecified atom stereocenters. The van der Waals surface area contributed by atoms with Crippen molar-refractivity contribution in [3.8, 4) is 0 Å². The minimum atomic E-state index is -0.789. The lowest BCUT2D eigenvalue weighted by Crippen LogP contribution is -2.46. The molecule has 0 rings (SSSR count). The maximum Gasteiger partial charge on any atom is 0.306 e. The molecule has 6 heteroatoms. The number of unbranched alkanes of at least 4 members (excludes halogenated alkanes) is 31. The molecule has 0 aromatic rings. The van der Waals surface area contributed by atoms with Crippen molar-refractivity contribution in [2.75, 3.05) is 6.61 Å². The second-order valence-corrected chi connectivity index (χ2v) is 18.6. The fraction of sp³-hybridized carbons (Fsp3) is 0.857. The molecule has 364 valence electrons. The molecule has 0 fully saturated rings. The third-order valence-corrected chi connectivity index (χ3v) is 12.4. The summed E-state index contributed by atoms with van der Waals surface area (Å²) in [5.41, 5.74) is 0. The summed E-state index contributed by atoms with van der Waals surface area (Å²) in [5, 5.41) is 23.7. The molecule has 3 atom stereocenters. The molecule has 0 saturated carbocycles. The van der Waals surface area contributed by atoms with Gasteiger partial charge in [0.15, 0.2) is 0 Å². The molecule has 0 spiro atoms. The highest BCUT2D eigenvalue weighted by Gasteiger charge is 2.24. The molecule has 62 heavy (non-hydrogen) atoms. The minimum absolute atomic E-state index is 0.0678. The van der Waals surface area contributed by atoms with E-state index in [4.69, 9.17) is 4.74 Å². The lowest BCUT2D eigenvalue weighted by molar-refractivity contribution is -0.151. The first kappa shape index (κ1) is 60.1. The van der Waals surface area contributed by atoms with E-state index in [1.807, 2.05) is 0 Å². The third-order valence-electron chi connectivity index (χ3n) is 12.4. The molecule has 0 aliphatic carbocycles. The van der Waals surface area contributed by atoms with Crippen molar-refractivity contribution in [1.82, 2.24) is 5.32 Å². The second-order valence-electron chi connectivity index (χ2n) is 18.6. The Morgan fingerprint density at radius 1 is 0.468 bits per heavy atom. The van der Waals surface area contributed by atoms with Crippen LogP contribution in [0.5, 0.6) is 0 Å². The first-order chi connectivity index (χ1) is 30.5. The smallest absolute Gasteiger partial charge is 0.306 e. The van der Waals surface area contributed by atoms with Crippen LogP contribution in [0.4, 0.5) is 0 Å². The Bertz CT molecular complexity index is 1020. The van der Waals surface area contributed by atoms with E-state index >= 15 is 0 Å². The summed E-state index contributed by atoms with van der Waals surface area (Å²) < 4.78 is 5.94. The van der Waals surface area contributed by atoms with Crippen LogP contribution >= 0.6 is 0 Å². The van der Waals surface area contributed by atoms with Gasteiger partial charge in [0, 0.05) is 6.42 Å². The Hall–Kier alpha value is -1.92. The van der Waals surface area contributed by atoms with Gasteiger partial charge in [-0.1, -0.05) is 224 Å². The number of rotatable bonds is 49. The molecular formula is C56H105NO5. The number of hydrogen-bond acceptors (Lipinski definition) is 5. The zero-order valence-electron chi connectivity index (χ0n) is 41.5. The van der Waals surface area contributed by atoms with Crippen LogP contribution in [0.25, 0.3) is 0 Å². The van der Waals surface area contributed by atoms with Crippen LogP contribution in [0.1, 0.15) is 284 Å². The van der Waals surface area contributed by atoms with E-state index in [0.717, 1.165) is 70.6 Å². The first-order valence-corrected chi connectivity index (χ1v) is 27.2. The van der Waals surface area contributed by atoms with Crippen LogP contribution in [0, 0.1) is 0 Å². The largest absolute Gasteiger partial charge is 0.462 e. The Morgan fingerprint density at radius 3 is 1.29 bits per heavy atom. The molecule has 0 heterocycles. The van der Waals surface area contributed by atoms with Gasteiger partial charge >= 0.3 is 5.97 Å². The zero-order chi connectivity index (χ0) is 45.2. The summed E-state index contributed by atoms with van der Waals surface area (Å²) in [6, 6.07) is -0.704. The fourth-order valence-electron chi connectivity index (χ4n) is 8.28. The van der Waals surface area contributed by atoms with E-state index in [-0.39, 0.29) is 24.9 Å². The number of esters is 1. The molecule has 0 aromatic heterocycles. The lowest BCUT2D eigenvalue weighted by Gasteiger charge is -2.24. The number of aliphatic hydroxyl groups excluding tert-OH is 2. The van der Waals surface area contributed by atoms with Crippen molar-refractivity contribution < 1.29 is 24.5 Å². The molecule has 0 bridgehead atoms. The predicted octanol–water partition coefficient (Wildman–Crippen LogP) is 16.5. The van der Waals surface area contributed by atoms with Gasteiger partial charge in [0.25, 0.3) is 0 Å². The number of hydrogen-bond donors (Lipinski definition) is 3. The quantitative estimate of drug-likeness (QED) is 0.0321. The van der Waals surface area contributed by atoms with Crippen LogP contribution in [0.15, 0.2) is 36.5 Å². The Balaban J connectivity index is 4.53. The number of amides is 1. The van der Waals surface area contributed by atoms with E-state index in [9.17, 15) is 19.8 Å². The summed E-state index contributed by atoms with van der Waals surface area (Å²) in [4.78, 5) is 26.2. The summed E-state index contributed by atoms with van der Waals surface area (Å²) in [7, 11) is 0. The topological polar surface area (TPSA) is 95.9 Å². The number of carbonyl (C=O) groups excluding carboxylic acids is 2. The van der Waals surface area contributed by atoms with Gasteiger partial charge in [-0.05, 0) is 83.5 Å². The van der Waals surface area contributed by atoms with Crippen molar-refractivity contribution >= 4 is 11.9 Å². The highest BCUT2D eigenvalue weighted by molar-refractivity contribution is 5.77. The van der Waals surface area contributed by atoms with Gasteiger partial charge in [0.2, 0.25) is 5.91 Å². The normalized spacial score (nSPS) is 13.4. The van der Waals surface area contributed by atoms with Gasteiger partial charge in [-0.3, -0.25) is 9.59 Å². The van der Waals surface area contributed by atoms with Crippen LogP contribution in [0.3, 0.4) is 0 Å². The predicted molar refractivity (Wildman–Crippen MR) is 269 cm³/mol. The Kier molecular flexibility index (Phi) is 48.5. The number of ether oxygens (including phenoxy) is 1. The van der Waals surface area contributed by atoms with Gasteiger partial charge in [0.05, 0.1) is 25.2 Å². The summed E-state index contributed by atoms with van der Waals surface area (Å²) in [5.74, 6) is -0.484. The summed E-state index contributed by atoms with van der Waals surface area (Å²) >= 11 is 0. The average molecular weight is 872 g/mol. The van der Waals surface area contributed by atoms with Crippen LogP contribution in [-0.4, -0.2) is 46.9 Å². The highest BCUT2D eigenvalue weighted by atomic mass is 16.5. The minimum Gasteiger partial charge on any atom is -0.462 e. The molecule has 0 aliphatic rings. The fourth-order valence-corrected chi connectivity index (χ4v) is 8.28. The number of carbonyl (C=O) groups is 2. The van der Waals surface area contributed by atoms with Crippen molar-refractivity contribution in [3.63, 3.8) is 0 Å². The SMILES string of the molecule is CCCCC/C=C\C/C=C\CCCCCCCCCCCC(=O)OC(CCCCC/C=C/CCCCCCCCC)CC(=O)NC(CO)C(O)CCCCCCCCCCCC. The Labute approximate surface area is 385 Å². The average Bonchev–Trinajstić information content (AvgIpc) is 3.26. The third kappa shape index (κ3) is 44.7. The summed E-state index contributed by atoms with van der Waals surface area (Å²) in [6.07, 6.45) is 59.2. The molecule has 0 radical (unpaired) electrons. The molecular weight excluding hydrogens is 767 g/mol. The Morgan fingerprint density at radius 2 is 0.823 bits per heavy atom. The zero-order valence-corrected chi connectivity index (χ0v) is 41.5. The van der Waals surface area contributed by atoms with Crippen molar-refractivity contribution in [1.29, 1.82) is 0 Å². The van der Waals surface area contributed by atoms with Gasteiger partial charge in [-0.15, -0.1) is 0 Å². The van der Waals surface area contributed by atoms with Gasteiger partial charge in [-0.2, -0.15) is 0 Å². The van der Waals surface area contributed by atoms with Crippen LogP contribution in [0.2, 0.25) is 0 Å². The van der Waals surface area contributed by atoms with Crippen LogP contribution in [-0.2, 0) is 14.3 Å². The van der Waals surface area contributed by atoms with Crippen molar-refractivity contribution in [3.05, 3.63) is 36.5 Å². The standard InChI is InChI=1S/C56H105NO5/c1-4-7-10-13-16-19-22-24-26-27-28-29-30-32-34-37-40-43-46-49-56(61)62-52(47-44-41-38-35-33-31-25-23-20-17-14-11-8-5-2)50-55(60)57-53(51-58)54(59)48-45-42-39-36-21-18-15-12-9-6-3/h16,19,24,26,31,33,52-54,58-59H,4-15,17-18,20-23,25,27-30,32,34-51H2,1-3H3,(H,57,60)/b19-16-,26-24-,33-31+. The van der Waals surface area contributed by atoms with Crippen LogP contribution < -0.4 is 5.32 Å². The van der Waals surface area contributed by atoms with E-state index in [1.54, 1.807) is 0 Å².